The maximum atomic E-state index is 5.92. The van der Waals surface area contributed by atoms with Gasteiger partial charge in [0.25, 0.3) is 0 Å². The first kappa shape index (κ1) is 16.1. The van der Waals surface area contributed by atoms with E-state index in [0.717, 1.165) is 47.7 Å². The molecule has 1 atom stereocenters. The van der Waals surface area contributed by atoms with Crippen LogP contribution < -0.4 is 10.1 Å². The van der Waals surface area contributed by atoms with Crippen LogP contribution in [-0.4, -0.2) is 29.8 Å². The van der Waals surface area contributed by atoms with Crippen molar-refractivity contribution >= 4 is 33.9 Å². The van der Waals surface area contributed by atoms with E-state index in [2.05, 4.69) is 15.3 Å². The molecule has 0 spiro atoms. The molecule has 0 radical (unpaired) electrons. The molecule has 4 rings (SSSR count). The predicted octanol–water partition coefficient (Wildman–Crippen LogP) is 4.44. The van der Waals surface area contributed by atoms with E-state index in [4.69, 9.17) is 21.1 Å². The first-order valence-corrected chi connectivity index (χ1v) is 8.63. The lowest BCUT2D eigenvalue weighted by Crippen LogP contribution is -2.11. The van der Waals surface area contributed by atoms with Gasteiger partial charge in [-0.2, -0.15) is 0 Å². The molecule has 1 aromatic carbocycles. The van der Waals surface area contributed by atoms with E-state index in [1.54, 1.807) is 18.5 Å². The Labute approximate surface area is 151 Å². The molecule has 1 saturated heterocycles. The Hall–Kier alpha value is -2.37. The summed E-state index contributed by atoms with van der Waals surface area (Å²) in [6, 6.07) is 11.6. The van der Waals surface area contributed by atoms with Gasteiger partial charge in [-0.15, -0.1) is 0 Å². The summed E-state index contributed by atoms with van der Waals surface area (Å²) in [7, 11) is 0. The third kappa shape index (κ3) is 3.83. The molecule has 1 aliphatic rings. The van der Waals surface area contributed by atoms with Crippen LogP contribution >= 0.6 is 11.6 Å². The zero-order chi connectivity index (χ0) is 17.1. The van der Waals surface area contributed by atoms with Crippen LogP contribution in [0, 0.1) is 5.92 Å². The van der Waals surface area contributed by atoms with E-state index >= 15 is 0 Å². The summed E-state index contributed by atoms with van der Waals surface area (Å²) in [6.07, 6.45) is 4.54. The summed E-state index contributed by atoms with van der Waals surface area (Å²) >= 11 is 5.83. The number of halogens is 1. The molecule has 0 bridgehead atoms. The van der Waals surface area contributed by atoms with Crippen molar-refractivity contribution in [2.45, 2.75) is 6.42 Å². The molecule has 0 saturated carbocycles. The third-order valence-corrected chi connectivity index (χ3v) is 4.46. The van der Waals surface area contributed by atoms with Gasteiger partial charge in [0.05, 0.1) is 25.1 Å². The van der Waals surface area contributed by atoms with E-state index in [1.807, 2.05) is 30.3 Å². The van der Waals surface area contributed by atoms with Gasteiger partial charge in [-0.25, -0.2) is 9.97 Å². The second kappa shape index (κ2) is 7.25. The van der Waals surface area contributed by atoms with Crippen molar-refractivity contribution in [3.63, 3.8) is 0 Å². The predicted molar refractivity (Wildman–Crippen MR) is 98.7 cm³/mol. The van der Waals surface area contributed by atoms with Crippen LogP contribution in [0.1, 0.15) is 6.42 Å². The highest BCUT2D eigenvalue weighted by molar-refractivity contribution is 6.29. The Balaban J connectivity index is 1.53. The van der Waals surface area contributed by atoms with Crippen LogP contribution in [0.2, 0.25) is 5.15 Å². The second-order valence-corrected chi connectivity index (χ2v) is 6.46. The van der Waals surface area contributed by atoms with Gasteiger partial charge >= 0.3 is 0 Å². The first-order valence-electron chi connectivity index (χ1n) is 8.26. The molecule has 6 heteroatoms. The Bertz CT molecular complexity index is 864. The fraction of sp³-hybridized carbons (Fsp3) is 0.263. The first-order chi connectivity index (χ1) is 12.3. The maximum Gasteiger partial charge on any atom is 0.138 e. The Morgan fingerprint density at radius 1 is 1.20 bits per heavy atom. The minimum absolute atomic E-state index is 0.464. The average Bonchev–Trinajstić information content (AvgIpc) is 3.15. The fourth-order valence-corrected chi connectivity index (χ4v) is 2.97. The van der Waals surface area contributed by atoms with Gasteiger partial charge in [0.1, 0.15) is 16.7 Å². The number of rotatable bonds is 5. The summed E-state index contributed by atoms with van der Waals surface area (Å²) < 4.78 is 11.3. The number of anilines is 2. The highest BCUT2D eigenvalue weighted by atomic mass is 35.5. The lowest BCUT2D eigenvalue weighted by Gasteiger charge is -2.12. The molecule has 1 aliphatic heterocycles. The Morgan fingerprint density at radius 2 is 2.16 bits per heavy atom. The number of nitrogens with one attached hydrogen (secondary N) is 1. The summed E-state index contributed by atoms with van der Waals surface area (Å²) in [4.78, 5) is 8.51. The largest absolute Gasteiger partial charge is 0.493 e. The number of hydrogen-bond donors (Lipinski definition) is 1. The van der Waals surface area contributed by atoms with Crippen LogP contribution in [0.4, 0.5) is 11.5 Å². The highest BCUT2D eigenvalue weighted by Crippen LogP contribution is 2.28. The summed E-state index contributed by atoms with van der Waals surface area (Å²) in [5.74, 6) is 2.13. The molecule has 5 nitrogen and oxygen atoms in total. The van der Waals surface area contributed by atoms with Crippen LogP contribution in [-0.2, 0) is 4.74 Å². The normalized spacial score (nSPS) is 16.9. The number of pyridine rings is 2. The van der Waals surface area contributed by atoms with E-state index in [1.165, 1.54) is 0 Å². The number of nitrogens with zero attached hydrogens (tertiary/aromatic N) is 2. The summed E-state index contributed by atoms with van der Waals surface area (Å²) in [5, 5.41) is 5.84. The van der Waals surface area contributed by atoms with E-state index in [9.17, 15) is 0 Å². The smallest absolute Gasteiger partial charge is 0.138 e. The molecule has 25 heavy (non-hydrogen) atoms. The van der Waals surface area contributed by atoms with Crippen molar-refractivity contribution in [1.29, 1.82) is 0 Å². The van der Waals surface area contributed by atoms with Crippen molar-refractivity contribution in [3.8, 4) is 5.75 Å². The monoisotopic (exact) mass is 355 g/mol. The zero-order valence-corrected chi connectivity index (χ0v) is 14.4. The Kier molecular flexibility index (Phi) is 4.68. The molecule has 1 N–H and O–H groups in total. The Morgan fingerprint density at radius 3 is 2.96 bits per heavy atom. The molecule has 0 aliphatic carbocycles. The van der Waals surface area contributed by atoms with E-state index in [0.29, 0.717) is 17.7 Å². The number of ether oxygens (including phenoxy) is 2. The van der Waals surface area contributed by atoms with Crippen LogP contribution in [0.25, 0.3) is 10.8 Å². The molecule has 3 heterocycles. The van der Waals surface area contributed by atoms with Gasteiger partial charge in [-0.05, 0) is 48.2 Å². The van der Waals surface area contributed by atoms with Crippen LogP contribution in [0.3, 0.4) is 0 Å². The number of benzene rings is 1. The minimum atomic E-state index is 0.464. The number of aromatic nitrogens is 2. The molecular formula is C19H18ClN3O2. The summed E-state index contributed by atoms with van der Waals surface area (Å²) in [6.45, 7) is 2.32. The topological polar surface area (TPSA) is 56.3 Å². The lowest BCUT2D eigenvalue weighted by molar-refractivity contribution is 0.167. The van der Waals surface area contributed by atoms with E-state index < -0.39 is 0 Å². The zero-order valence-electron chi connectivity index (χ0n) is 13.6. The second-order valence-electron chi connectivity index (χ2n) is 6.08. The molecule has 0 unspecified atom stereocenters. The molecule has 128 valence electrons. The number of fused-ring (bicyclic) bond motifs is 1. The maximum absolute atomic E-state index is 5.92. The van der Waals surface area contributed by atoms with Gasteiger partial charge in [0, 0.05) is 24.1 Å². The van der Waals surface area contributed by atoms with Crippen molar-refractivity contribution in [2.24, 2.45) is 5.92 Å². The van der Waals surface area contributed by atoms with E-state index in [-0.39, 0.29) is 0 Å². The van der Waals surface area contributed by atoms with Gasteiger partial charge in [0.2, 0.25) is 0 Å². The van der Waals surface area contributed by atoms with Crippen LogP contribution in [0.5, 0.6) is 5.75 Å². The van der Waals surface area contributed by atoms with Gasteiger partial charge in [-0.1, -0.05) is 11.6 Å². The van der Waals surface area contributed by atoms with Gasteiger partial charge in [-0.3, -0.25) is 0 Å². The molecule has 2 aromatic heterocycles. The third-order valence-electron chi connectivity index (χ3n) is 4.24. The summed E-state index contributed by atoms with van der Waals surface area (Å²) in [5.41, 5.74) is 0.839. The lowest BCUT2D eigenvalue weighted by atomic mass is 10.1. The highest BCUT2D eigenvalue weighted by Gasteiger charge is 2.16. The standard InChI is InChI=1S/C19H18ClN3O2/c20-18-4-1-15(10-22-18)23-19-17-3-2-16(9-14(17)5-7-21-19)25-12-13-6-8-24-11-13/h1-5,7,9-10,13H,6,8,11-12H2,(H,21,23)/t13-/m1/s1. The van der Waals surface area contributed by atoms with Crippen molar-refractivity contribution in [2.75, 3.05) is 25.1 Å². The SMILES string of the molecule is Clc1ccc(Nc2nccc3cc(OC[C@@H]4CCOC4)ccc23)cn1. The average molecular weight is 356 g/mol. The van der Waals surface area contributed by atoms with Crippen molar-refractivity contribution < 1.29 is 9.47 Å². The quantitative estimate of drug-likeness (QED) is 0.685. The fourth-order valence-electron chi connectivity index (χ4n) is 2.86. The van der Waals surface area contributed by atoms with Crippen molar-refractivity contribution in [3.05, 3.63) is 53.9 Å². The van der Waals surface area contributed by atoms with Crippen molar-refractivity contribution in [1.82, 2.24) is 9.97 Å². The molecule has 3 aromatic rings. The minimum Gasteiger partial charge on any atom is -0.493 e. The number of hydrogen-bond acceptors (Lipinski definition) is 5. The molecular weight excluding hydrogens is 338 g/mol. The molecule has 0 amide bonds. The van der Waals surface area contributed by atoms with Gasteiger partial charge in [0.15, 0.2) is 0 Å². The van der Waals surface area contributed by atoms with Gasteiger partial charge < -0.3 is 14.8 Å². The molecule has 1 fully saturated rings. The van der Waals surface area contributed by atoms with Crippen LogP contribution in [0.15, 0.2) is 48.8 Å².